The van der Waals surface area contributed by atoms with Crippen LogP contribution < -0.4 is 0 Å². The first kappa shape index (κ1) is 14.2. The Kier molecular flexibility index (Phi) is 3.75. The van der Waals surface area contributed by atoms with Crippen molar-refractivity contribution in [2.24, 2.45) is 0 Å². The molecule has 0 aliphatic carbocycles. The highest BCUT2D eigenvalue weighted by molar-refractivity contribution is 8.01. The van der Waals surface area contributed by atoms with Crippen LogP contribution in [-0.2, 0) is 23.9 Å². The molecule has 0 aromatic rings. The molecule has 0 aromatic heterocycles. The predicted octanol–water partition coefficient (Wildman–Crippen LogP) is 0.893. The molecule has 0 spiro atoms. The molecule has 0 saturated carbocycles. The van der Waals surface area contributed by atoms with Gasteiger partial charge in [0.2, 0.25) is 12.7 Å². The molecule has 2 aliphatic rings. The second kappa shape index (κ2) is 5.03. The van der Waals surface area contributed by atoms with Crippen LogP contribution in [0.15, 0.2) is 0 Å². The third kappa shape index (κ3) is 2.56. The van der Waals surface area contributed by atoms with E-state index in [2.05, 4.69) is 0 Å². The maximum absolute atomic E-state index is 12.0. The van der Waals surface area contributed by atoms with Crippen molar-refractivity contribution >= 4 is 29.6 Å². The number of hydrogen-bond acceptors (Lipinski definition) is 6. The number of hydrogen-bond donors (Lipinski definition) is 0. The number of thioether (sulfide) groups is 1. The van der Waals surface area contributed by atoms with E-state index in [4.69, 9.17) is 9.47 Å². The highest BCUT2D eigenvalue weighted by Gasteiger charge is 2.59. The largest absolute Gasteiger partial charge is 0.428 e. The van der Waals surface area contributed by atoms with E-state index in [1.165, 1.54) is 0 Å². The summed E-state index contributed by atoms with van der Waals surface area (Å²) in [5.41, 5.74) is 0. The van der Waals surface area contributed by atoms with Gasteiger partial charge in [0, 0.05) is 11.2 Å². The molecule has 2 heterocycles. The standard InChI is InChI=1S/C12H17NO5S/c1-4-9(15)17-6-18-11(16)10-12(2,3)19-8-5-7(14)13(8)10/h8,10H,4-6H2,1-3H3/t8-,10+/m1/s1. The van der Waals surface area contributed by atoms with Gasteiger partial charge in [-0.3, -0.25) is 9.59 Å². The minimum Gasteiger partial charge on any atom is -0.428 e. The average Bonchev–Trinajstić information content (AvgIpc) is 2.55. The van der Waals surface area contributed by atoms with E-state index in [-0.39, 0.29) is 22.4 Å². The van der Waals surface area contributed by atoms with Crippen molar-refractivity contribution in [2.45, 2.75) is 49.8 Å². The van der Waals surface area contributed by atoms with Gasteiger partial charge >= 0.3 is 11.9 Å². The van der Waals surface area contributed by atoms with Crippen molar-refractivity contribution in [1.29, 1.82) is 0 Å². The van der Waals surface area contributed by atoms with E-state index in [0.29, 0.717) is 6.42 Å². The van der Waals surface area contributed by atoms with Crippen LogP contribution in [0.25, 0.3) is 0 Å². The van der Waals surface area contributed by atoms with Gasteiger partial charge in [-0.05, 0) is 13.8 Å². The van der Waals surface area contributed by atoms with E-state index in [1.54, 1.807) is 23.6 Å². The van der Waals surface area contributed by atoms with Crippen molar-refractivity contribution in [1.82, 2.24) is 4.90 Å². The van der Waals surface area contributed by atoms with Gasteiger partial charge in [0.15, 0.2) is 0 Å². The number of fused-ring (bicyclic) bond motifs is 1. The highest BCUT2D eigenvalue weighted by Crippen LogP contribution is 2.50. The summed E-state index contributed by atoms with van der Waals surface area (Å²) in [4.78, 5) is 36.1. The predicted molar refractivity (Wildman–Crippen MR) is 68.1 cm³/mol. The Balaban J connectivity index is 1.94. The van der Waals surface area contributed by atoms with Crippen molar-refractivity contribution in [2.75, 3.05) is 6.79 Å². The number of ether oxygens (including phenoxy) is 2. The van der Waals surface area contributed by atoms with Crippen molar-refractivity contribution in [3.63, 3.8) is 0 Å². The molecule has 1 amide bonds. The van der Waals surface area contributed by atoms with Gasteiger partial charge in [-0.1, -0.05) is 6.92 Å². The zero-order valence-electron chi connectivity index (χ0n) is 11.2. The summed E-state index contributed by atoms with van der Waals surface area (Å²) in [6.07, 6.45) is 0.706. The van der Waals surface area contributed by atoms with Gasteiger partial charge in [0.1, 0.15) is 6.04 Å². The van der Waals surface area contributed by atoms with E-state index in [9.17, 15) is 14.4 Å². The third-order valence-electron chi connectivity index (χ3n) is 3.26. The van der Waals surface area contributed by atoms with E-state index in [0.717, 1.165) is 0 Å². The van der Waals surface area contributed by atoms with Crippen LogP contribution in [0.1, 0.15) is 33.6 Å². The molecule has 2 fully saturated rings. The molecule has 6 nitrogen and oxygen atoms in total. The van der Waals surface area contributed by atoms with Gasteiger partial charge in [-0.25, -0.2) is 4.79 Å². The fourth-order valence-corrected chi connectivity index (χ4v) is 3.91. The Morgan fingerprint density at radius 2 is 2.11 bits per heavy atom. The quantitative estimate of drug-likeness (QED) is 0.434. The summed E-state index contributed by atoms with van der Waals surface area (Å²) in [6.45, 7) is 5.08. The van der Waals surface area contributed by atoms with E-state index < -0.39 is 24.8 Å². The molecule has 2 saturated heterocycles. The van der Waals surface area contributed by atoms with Crippen LogP contribution in [0.4, 0.5) is 0 Å². The molecule has 0 N–H and O–H groups in total. The number of rotatable bonds is 4. The number of nitrogens with zero attached hydrogens (tertiary/aromatic N) is 1. The van der Waals surface area contributed by atoms with Crippen molar-refractivity contribution in [3.8, 4) is 0 Å². The highest BCUT2D eigenvalue weighted by atomic mass is 32.2. The molecule has 0 bridgehead atoms. The summed E-state index contributed by atoms with van der Waals surface area (Å²) < 4.78 is 9.26. The molecular formula is C12H17NO5S. The average molecular weight is 287 g/mol. The van der Waals surface area contributed by atoms with Crippen LogP contribution >= 0.6 is 11.8 Å². The van der Waals surface area contributed by atoms with Gasteiger partial charge in [0.05, 0.1) is 11.8 Å². The molecule has 2 rings (SSSR count). The van der Waals surface area contributed by atoms with Crippen LogP contribution in [0.2, 0.25) is 0 Å². The first-order valence-corrected chi connectivity index (χ1v) is 7.06. The summed E-state index contributed by atoms with van der Waals surface area (Å²) >= 11 is 1.60. The van der Waals surface area contributed by atoms with Crippen molar-refractivity contribution in [3.05, 3.63) is 0 Å². The van der Waals surface area contributed by atoms with Gasteiger partial charge in [0.25, 0.3) is 0 Å². The number of amides is 1. The number of esters is 2. The number of carbonyl (C=O) groups excluding carboxylic acids is 3. The smallest absolute Gasteiger partial charge is 0.333 e. The zero-order valence-corrected chi connectivity index (χ0v) is 12.0. The summed E-state index contributed by atoms with van der Waals surface area (Å²) in [5.74, 6) is -0.974. The Morgan fingerprint density at radius 1 is 1.42 bits per heavy atom. The molecule has 0 unspecified atom stereocenters. The Bertz CT molecular complexity index is 422. The molecule has 19 heavy (non-hydrogen) atoms. The lowest BCUT2D eigenvalue weighted by molar-refractivity contribution is -0.175. The van der Waals surface area contributed by atoms with Crippen LogP contribution in [0.5, 0.6) is 0 Å². The lowest BCUT2D eigenvalue weighted by Crippen LogP contribution is -2.57. The molecule has 2 aliphatic heterocycles. The minimum absolute atomic E-state index is 0.0319. The Morgan fingerprint density at radius 3 is 2.68 bits per heavy atom. The molecule has 2 atom stereocenters. The molecule has 0 radical (unpaired) electrons. The fraction of sp³-hybridized carbons (Fsp3) is 0.750. The summed E-state index contributed by atoms with van der Waals surface area (Å²) in [5, 5.41) is 0.0678. The van der Waals surface area contributed by atoms with Crippen LogP contribution in [0.3, 0.4) is 0 Å². The maximum atomic E-state index is 12.0. The zero-order chi connectivity index (χ0) is 14.2. The summed E-state index contributed by atoms with van der Waals surface area (Å²) in [6, 6.07) is -0.607. The maximum Gasteiger partial charge on any atom is 0.333 e. The fourth-order valence-electron chi connectivity index (χ4n) is 2.29. The normalized spacial score (nSPS) is 27.5. The van der Waals surface area contributed by atoms with Crippen LogP contribution in [-0.4, -0.2) is 45.7 Å². The SMILES string of the molecule is CCC(=O)OCOC(=O)[C@@H]1N2C(=O)C[C@H]2SC1(C)C. The molecule has 7 heteroatoms. The summed E-state index contributed by atoms with van der Waals surface area (Å²) in [7, 11) is 0. The van der Waals surface area contributed by atoms with Gasteiger partial charge in [-0.15, -0.1) is 11.8 Å². The lowest BCUT2D eigenvalue weighted by Gasteiger charge is -2.37. The Hall–Kier alpha value is -1.24. The van der Waals surface area contributed by atoms with Gasteiger partial charge in [-0.2, -0.15) is 0 Å². The molecule has 106 valence electrons. The van der Waals surface area contributed by atoms with Gasteiger partial charge < -0.3 is 14.4 Å². The Labute approximate surface area is 115 Å². The number of β-lactam (4-membered cyclic amide) rings is 1. The third-order valence-corrected chi connectivity index (χ3v) is 4.75. The first-order valence-electron chi connectivity index (χ1n) is 6.18. The van der Waals surface area contributed by atoms with E-state index in [1.807, 2.05) is 13.8 Å². The number of carbonyl (C=O) groups is 3. The van der Waals surface area contributed by atoms with Crippen LogP contribution in [0, 0.1) is 0 Å². The van der Waals surface area contributed by atoms with E-state index >= 15 is 0 Å². The monoisotopic (exact) mass is 287 g/mol. The second-order valence-electron chi connectivity index (χ2n) is 5.03. The lowest BCUT2D eigenvalue weighted by atomic mass is 9.98. The minimum atomic E-state index is -0.607. The molecular weight excluding hydrogens is 270 g/mol. The first-order chi connectivity index (χ1) is 8.86. The van der Waals surface area contributed by atoms with Crippen molar-refractivity contribution < 1.29 is 23.9 Å². The second-order valence-corrected chi connectivity index (χ2v) is 6.87. The molecule has 0 aromatic carbocycles. The topological polar surface area (TPSA) is 72.9 Å².